The molecule has 0 saturated heterocycles. The van der Waals surface area contributed by atoms with Gasteiger partial charge >= 0.3 is 5.97 Å². The van der Waals surface area contributed by atoms with E-state index in [1.807, 2.05) is 12.1 Å². The standard InChI is InChI=1S/C16H22ClNO3/c1-5-16(6-2,11-10-14(19)21-7-3)12-8-9-13(17)18-15(12)20-4/h8-11H,5-7H2,1-4H3. The summed E-state index contributed by atoms with van der Waals surface area (Å²) in [7, 11) is 1.56. The fraction of sp³-hybridized carbons (Fsp3) is 0.500. The van der Waals surface area contributed by atoms with Crippen molar-refractivity contribution in [2.75, 3.05) is 13.7 Å². The topological polar surface area (TPSA) is 48.4 Å². The molecule has 0 saturated carbocycles. The molecule has 0 N–H and O–H groups in total. The highest BCUT2D eigenvalue weighted by Crippen LogP contribution is 2.38. The molecule has 1 heterocycles. The van der Waals surface area contributed by atoms with Crippen LogP contribution < -0.4 is 4.74 Å². The number of aromatic nitrogens is 1. The van der Waals surface area contributed by atoms with Gasteiger partial charge in [0.2, 0.25) is 5.88 Å². The number of hydrogen-bond donors (Lipinski definition) is 0. The Morgan fingerprint density at radius 3 is 2.52 bits per heavy atom. The molecule has 4 nitrogen and oxygen atoms in total. The normalized spacial score (nSPS) is 11.7. The van der Waals surface area contributed by atoms with Crippen LogP contribution in [0.25, 0.3) is 0 Å². The van der Waals surface area contributed by atoms with Crippen LogP contribution in [0.4, 0.5) is 0 Å². The van der Waals surface area contributed by atoms with E-state index < -0.39 is 0 Å². The largest absolute Gasteiger partial charge is 0.481 e. The van der Waals surface area contributed by atoms with E-state index in [9.17, 15) is 4.79 Å². The fourth-order valence-electron chi connectivity index (χ4n) is 2.33. The molecule has 5 heteroatoms. The van der Waals surface area contributed by atoms with Crippen molar-refractivity contribution in [2.24, 2.45) is 0 Å². The second-order valence-corrected chi connectivity index (χ2v) is 5.03. The number of nitrogens with zero attached hydrogens (tertiary/aromatic N) is 1. The molecule has 0 fully saturated rings. The van der Waals surface area contributed by atoms with Crippen LogP contribution in [-0.2, 0) is 14.9 Å². The van der Waals surface area contributed by atoms with Crippen molar-refractivity contribution >= 4 is 17.6 Å². The predicted octanol–water partition coefficient (Wildman–Crippen LogP) is 3.92. The molecule has 1 rings (SSSR count). The van der Waals surface area contributed by atoms with E-state index in [-0.39, 0.29) is 11.4 Å². The van der Waals surface area contributed by atoms with Crippen LogP contribution in [0.15, 0.2) is 24.3 Å². The Morgan fingerprint density at radius 2 is 2.00 bits per heavy atom. The first-order chi connectivity index (χ1) is 10.0. The number of esters is 1. The molecular weight excluding hydrogens is 290 g/mol. The van der Waals surface area contributed by atoms with E-state index in [4.69, 9.17) is 21.1 Å². The number of pyridine rings is 1. The first kappa shape index (κ1) is 17.5. The average molecular weight is 312 g/mol. The Hall–Kier alpha value is -1.55. The molecule has 21 heavy (non-hydrogen) atoms. The second-order valence-electron chi connectivity index (χ2n) is 4.64. The van der Waals surface area contributed by atoms with Gasteiger partial charge in [-0.05, 0) is 31.9 Å². The van der Waals surface area contributed by atoms with Crippen molar-refractivity contribution < 1.29 is 14.3 Å². The zero-order valence-electron chi connectivity index (χ0n) is 13.0. The highest BCUT2D eigenvalue weighted by atomic mass is 35.5. The Labute approximate surface area is 131 Å². The van der Waals surface area contributed by atoms with Crippen LogP contribution in [-0.4, -0.2) is 24.7 Å². The third kappa shape index (κ3) is 4.21. The van der Waals surface area contributed by atoms with Crippen LogP contribution in [0.3, 0.4) is 0 Å². The van der Waals surface area contributed by atoms with Crippen LogP contribution in [0.5, 0.6) is 5.88 Å². The van der Waals surface area contributed by atoms with E-state index in [0.717, 1.165) is 18.4 Å². The summed E-state index contributed by atoms with van der Waals surface area (Å²) in [6, 6.07) is 3.63. The van der Waals surface area contributed by atoms with E-state index >= 15 is 0 Å². The summed E-state index contributed by atoms with van der Waals surface area (Å²) in [5, 5.41) is 0.381. The number of carbonyl (C=O) groups is 1. The van der Waals surface area contributed by atoms with E-state index in [1.54, 1.807) is 20.1 Å². The summed E-state index contributed by atoms with van der Waals surface area (Å²) in [4.78, 5) is 15.8. The van der Waals surface area contributed by atoms with E-state index in [2.05, 4.69) is 18.8 Å². The highest BCUT2D eigenvalue weighted by Gasteiger charge is 2.30. The average Bonchev–Trinajstić information content (AvgIpc) is 2.49. The van der Waals surface area contributed by atoms with Gasteiger partial charge in [-0.3, -0.25) is 0 Å². The van der Waals surface area contributed by atoms with Crippen LogP contribution >= 0.6 is 11.6 Å². The smallest absolute Gasteiger partial charge is 0.330 e. The minimum absolute atomic E-state index is 0.338. The Balaban J connectivity index is 3.24. The van der Waals surface area contributed by atoms with Gasteiger partial charge in [0.15, 0.2) is 0 Å². The summed E-state index contributed by atoms with van der Waals surface area (Å²) in [6.07, 6.45) is 4.96. The SMILES string of the molecule is CCOC(=O)C=CC(CC)(CC)c1ccc(Cl)nc1OC. The lowest BCUT2D eigenvalue weighted by molar-refractivity contribution is -0.137. The molecule has 0 spiro atoms. The maximum absolute atomic E-state index is 11.6. The molecule has 0 atom stereocenters. The lowest BCUT2D eigenvalue weighted by Crippen LogP contribution is -2.23. The first-order valence-corrected chi connectivity index (χ1v) is 7.47. The maximum Gasteiger partial charge on any atom is 0.330 e. The van der Waals surface area contributed by atoms with E-state index in [0.29, 0.717) is 17.6 Å². The van der Waals surface area contributed by atoms with Gasteiger partial charge in [0.1, 0.15) is 5.15 Å². The molecule has 1 aromatic heterocycles. The molecule has 1 aromatic rings. The molecule has 0 amide bonds. The molecule has 0 unspecified atom stereocenters. The Morgan fingerprint density at radius 1 is 1.33 bits per heavy atom. The van der Waals surface area contributed by atoms with Gasteiger partial charge in [-0.2, -0.15) is 0 Å². The number of hydrogen-bond acceptors (Lipinski definition) is 4. The number of halogens is 1. The van der Waals surface area contributed by atoms with Gasteiger partial charge in [0.25, 0.3) is 0 Å². The third-order valence-corrected chi connectivity index (χ3v) is 3.85. The molecule has 0 radical (unpaired) electrons. The summed E-state index contributed by atoms with van der Waals surface area (Å²) >= 11 is 5.92. The van der Waals surface area contributed by atoms with Gasteiger partial charge < -0.3 is 9.47 Å². The van der Waals surface area contributed by atoms with Crippen molar-refractivity contribution in [3.05, 3.63) is 35.0 Å². The molecular formula is C16H22ClNO3. The number of methoxy groups -OCH3 is 1. The number of allylic oxidation sites excluding steroid dienone is 1. The van der Waals surface area contributed by atoms with Crippen molar-refractivity contribution in [1.82, 2.24) is 4.98 Å². The van der Waals surface area contributed by atoms with E-state index in [1.165, 1.54) is 6.08 Å². The zero-order valence-corrected chi connectivity index (χ0v) is 13.7. The Kier molecular flexibility index (Phi) is 6.69. The van der Waals surface area contributed by atoms with Crippen molar-refractivity contribution in [2.45, 2.75) is 39.0 Å². The highest BCUT2D eigenvalue weighted by molar-refractivity contribution is 6.29. The van der Waals surface area contributed by atoms with Gasteiger partial charge in [0.05, 0.1) is 13.7 Å². The van der Waals surface area contributed by atoms with Crippen LogP contribution in [0.2, 0.25) is 5.15 Å². The van der Waals surface area contributed by atoms with Gasteiger partial charge in [-0.15, -0.1) is 0 Å². The molecule has 116 valence electrons. The summed E-state index contributed by atoms with van der Waals surface area (Å²) in [5.41, 5.74) is 0.579. The third-order valence-electron chi connectivity index (χ3n) is 3.64. The van der Waals surface area contributed by atoms with Crippen molar-refractivity contribution in [1.29, 1.82) is 0 Å². The molecule has 0 aliphatic carbocycles. The van der Waals surface area contributed by atoms with Gasteiger partial charge in [-0.25, -0.2) is 9.78 Å². The van der Waals surface area contributed by atoms with Crippen LogP contribution in [0.1, 0.15) is 39.2 Å². The zero-order chi connectivity index (χ0) is 15.9. The summed E-state index contributed by atoms with van der Waals surface area (Å²) < 4.78 is 10.3. The lowest BCUT2D eigenvalue weighted by atomic mass is 9.76. The van der Waals surface area contributed by atoms with Crippen molar-refractivity contribution in [3.8, 4) is 5.88 Å². The summed E-state index contributed by atoms with van der Waals surface area (Å²) in [5.74, 6) is 0.143. The predicted molar refractivity (Wildman–Crippen MR) is 83.8 cm³/mol. The minimum atomic E-state index is -0.343. The monoisotopic (exact) mass is 311 g/mol. The van der Waals surface area contributed by atoms with Gasteiger partial charge in [-0.1, -0.05) is 31.5 Å². The minimum Gasteiger partial charge on any atom is -0.481 e. The van der Waals surface area contributed by atoms with Crippen molar-refractivity contribution in [3.63, 3.8) is 0 Å². The lowest BCUT2D eigenvalue weighted by Gasteiger charge is -2.29. The summed E-state index contributed by atoms with van der Waals surface area (Å²) in [6.45, 7) is 6.27. The first-order valence-electron chi connectivity index (χ1n) is 7.10. The Bertz CT molecular complexity index is 510. The number of ether oxygens (including phenoxy) is 2. The van der Waals surface area contributed by atoms with Gasteiger partial charge in [0, 0.05) is 17.1 Å². The molecule has 0 bridgehead atoms. The molecule has 0 aliphatic rings. The molecule has 0 aromatic carbocycles. The second kappa shape index (κ2) is 8.03. The molecule has 0 aliphatic heterocycles. The maximum atomic E-state index is 11.6. The fourth-order valence-corrected chi connectivity index (χ4v) is 2.47. The number of rotatable bonds is 7. The number of carbonyl (C=O) groups excluding carboxylic acids is 1. The quantitative estimate of drug-likeness (QED) is 0.435. The van der Waals surface area contributed by atoms with Crippen LogP contribution in [0, 0.1) is 0 Å².